The lowest BCUT2D eigenvalue weighted by molar-refractivity contribution is 1.30. The Balaban J connectivity index is 1.14. The lowest BCUT2D eigenvalue weighted by Crippen LogP contribution is -2.09. The van der Waals surface area contributed by atoms with E-state index < -0.39 is 0 Å². The summed E-state index contributed by atoms with van der Waals surface area (Å²) in [7, 11) is 0. The van der Waals surface area contributed by atoms with Crippen molar-refractivity contribution in [3.63, 3.8) is 0 Å². The highest BCUT2D eigenvalue weighted by Gasteiger charge is 2.20. The lowest BCUT2D eigenvalue weighted by atomic mass is 10.0. The highest BCUT2D eigenvalue weighted by atomic mass is 32.1. The fraction of sp³-hybridized carbons (Fsp3) is 0. The molecule has 246 valence electrons. The van der Waals surface area contributed by atoms with Gasteiger partial charge in [-0.1, -0.05) is 121 Å². The van der Waals surface area contributed by atoms with E-state index in [9.17, 15) is 0 Å². The van der Waals surface area contributed by atoms with Gasteiger partial charge in [0.05, 0.1) is 10.4 Å². The molecule has 0 saturated carbocycles. The Morgan fingerprint density at radius 3 is 1.44 bits per heavy atom. The van der Waals surface area contributed by atoms with Gasteiger partial charge in [0.2, 0.25) is 0 Å². The molecule has 0 N–H and O–H groups in total. The Hall–Kier alpha value is -6.20. The molecule has 0 fully saturated rings. The third kappa shape index (κ3) is 5.32. The first kappa shape index (κ1) is 30.6. The first-order valence-electron chi connectivity index (χ1n) is 17.5. The number of thiophene rings is 2. The number of nitrogens with zero attached hydrogens (tertiary/aromatic N) is 2. The third-order valence-corrected chi connectivity index (χ3v) is 12.2. The van der Waals surface area contributed by atoms with Gasteiger partial charge in [-0.25, -0.2) is 0 Å². The van der Waals surface area contributed by atoms with Crippen LogP contribution in [0.1, 0.15) is 0 Å². The fourth-order valence-electron chi connectivity index (χ4n) is 7.40. The van der Waals surface area contributed by atoms with Gasteiger partial charge in [0.15, 0.2) is 0 Å². The maximum Gasteiger partial charge on any atom is 0.0640 e. The van der Waals surface area contributed by atoms with E-state index in [1.54, 1.807) is 0 Å². The quantitative estimate of drug-likeness (QED) is 0.163. The van der Waals surface area contributed by atoms with Gasteiger partial charge in [0.1, 0.15) is 0 Å². The van der Waals surface area contributed by atoms with E-state index in [0.29, 0.717) is 0 Å². The summed E-state index contributed by atoms with van der Waals surface area (Å²) in [5.74, 6) is 0. The summed E-state index contributed by atoms with van der Waals surface area (Å²) in [6.45, 7) is 0. The van der Waals surface area contributed by atoms with Crippen molar-refractivity contribution < 1.29 is 0 Å². The largest absolute Gasteiger partial charge is 0.310 e. The molecule has 0 spiro atoms. The predicted molar refractivity (Wildman–Crippen MR) is 227 cm³/mol. The van der Waals surface area contributed by atoms with E-state index in [0.717, 1.165) is 28.4 Å². The smallest absolute Gasteiger partial charge is 0.0640 e. The summed E-state index contributed by atoms with van der Waals surface area (Å²) in [6.07, 6.45) is 0. The Kier molecular flexibility index (Phi) is 7.56. The zero-order valence-electron chi connectivity index (χ0n) is 28.2. The number of para-hydroxylation sites is 2. The van der Waals surface area contributed by atoms with E-state index in [1.807, 2.05) is 22.7 Å². The van der Waals surface area contributed by atoms with E-state index in [-0.39, 0.29) is 0 Å². The molecule has 2 aromatic heterocycles. The van der Waals surface area contributed by atoms with Crippen LogP contribution in [-0.4, -0.2) is 0 Å². The summed E-state index contributed by atoms with van der Waals surface area (Å²) >= 11 is 3.73. The summed E-state index contributed by atoms with van der Waals surface area (Å²) in [5.41, 5.74) is 9.29. The van der Waals surface area contributed by atoms with Crippen molar-refractivity contribution in [1.82, 2.24) is 0 Å². The average Bonchev–Trinajstić information content (AvgIpc) is 3.78. The molecular formula is C48H32N2S2. The third-order valence-electron chi connectivity index (χ3n) is 9.84. The van der Waals surface area contributed by atoms with Crippen LogP contribution in [0.2, 0.25) is 0 Å². The van der Waals surface area contributed by atoms with Crippen LogP contribution < -0.4 is 9.80 Å². The molecule has 52 heavy (non-hydrogen) atoms. The van der Waals surface area contributed by atoms with E-state index >= 15 is 0 Å². The standard InChI is InChI=1S/C48H32N2S2/c1-4-13-33(14-5-1)34-23-25-37(26-24-34)49(38-27-29-41-40-19-10-11-22-45(40)51-46(41)31-38)39-28-30-42-43-20-12-21-44(48(43)52-47(42)32-39)50(35-15-6-2-7-16-35)36-17-8-3-9-18-36/h1-32H. The van der Waals surface area contributed by atoms with Crippen LogP contribution in [0.4, 0.5) is 34.1 Å². The maximum absolute atomic E-state index is 2.41. The Morgan fingerprint density at radius 1 is 0.288 bits per heavy atom. The van der Waals surface area contributed by atoms with Gasteiger partial charge in [0, 0.05) is 64.1 Å². The molecule has 10 aromatic rings. The van der Waals surface area contributed by atoms with E-state index in [4.69, 9.17) is 0 Å². The molecule has 2 nitrogen and oxygen atoms in total. The first-order chi connectivity index (χ1) is 25.8. The minimum absolute atomic E-state index is 1.13. The highest BCUT2D eigenvalue weighted by molar-refractivity contribution is 7.26. The number of benzene rings is 8. The number of anilines is 6. The lowest BCUT2D eigenvalue weighted by Gasteiger charge is -2.26. The second kappa shape index (κ2) is 12.8. The van der Waals surface area contributed by atoms with Gasteiger partial charge in [-0.3, -0.25) is 0 Å². The molecule has 0 aliphatic carbocycles. The minimum Gasteiger partial charge on any atom is -0.310 e. The Labute approximate surface area is 310 Å². The second-order valence-corrected chi connectivity index (χ2v) is 15.1. The summed E-state index contributed by atoms with van der Waals surface area (Å²) in [4.78, 5) is 4.78. The van der Waals surface area contributed by atoms with Crippen molar-refractivity contribution in [2.24, 2.45) is 0 Å². The molecule has 4 heteroatoms. The zero-order valence-corrected chi connectivity index (χ0v) is 29.8. The van der Waals surface area contributed by atoms with Gasteiger partial charge >= 0.3 is 0 Å². The first-order valence-corrected chi connectivity index (χ1v) is 19.1. The van der Waals surface area contributed by atoms with E-state index in [1.165, 1.54) is 57.2 Å². The monoisotopic (exact) mass is 700 g/mol. The topological polar surface area (TPSA) is 6.48 Å². The van der Waals surface area contributed by atoms with Gasteiger partial charge in [0.25, 0.3) is 0 Å². The van der Waals surface area contributed by atoms with Crippen molar-refractivity contribution in [2.45, 2.75) is 0 Å². The molecule has 0 aliphatic heterocycles. The maximum atomic E-state index is 2.41. The molecule has 0 radical (unpaired) electrons. The molecule has 8 aromatic carbocycles. The number of hydrogen-bond acceptors (Lipinski definition) is 4. The number of fused-ring (bicyclic) bond motifs is 6. The fourth-order valence-corrected chi connectivity index (χ4v) is 9.78. The normalized spacial score (nSPS) is 11.5. The van der Waals surface area contributed by atoms with Crippen LogP contribution in [0.5, 0.6) is 0 Å². The van der Waals surface area contributed by atoms with Crippen molar-refractivity contribution in [3.05, 3.63) is 194 Å². The summed E-state index contributed by atoms with van der Waals surface area (Å²) < 4.78 is 5.14. The molecule has 10 rings (SSSR count). The van der Waals surface area contributed by atoms with Gasteiger partial charge in [-0.05, 0) is 83.9 Å². The molecule has 0 amide bonds. The van der Waals surface area contributed by atoms with Crippen LogP contribution in [0.3, 0.4) is 0 Å². The summed E-state index contributed by atoms with van der Waals surface area (Å²) in [6, 6.07) is 70.2. The molecule has 2 heterocycles. The van der Waals surface area contributed by atoms with Crippen LogP contribution in [0.25, 0.3) is 51.5 Å². The summed E-state index contributed by atoms with van der Waals surface area (Å²) in [5, 5.41) is 5.16. The average molecular weight is 701 g/mol. The second-order valence-electron chi connectivity index (χ2n) is 13.0. The van der Waals surface area contributed by atoms with Crippen molar-refractivity contribution >= 4 is 97.1 Å². The Bertz CT molecular complexity index is 2800. The number of rotatable bonds is 7. The molecule has 0 saturated heterocycles. The molecule has 0 aliphatic rings. The van der Waals surface area contributed by atoms with Crippen LogP contribution in [-0.2, 0) is 0 Å². The van der Waals surface area contributed by atoms with Crippen molar-refractivity contribution in [3.8, 4) is 11.1 Å². The van der Waals surface area contributed by atoms with Gasteiger partial charge < -0.3 is 9.80 Å². The van der Waals surface area contributed by atoms with Crippen LogP contribution >= 0.6 is 22.7 Å². The van der Waals surface area contributed by atoms with Gasteiger partial charge in [-0.2, -0.15) is 0 Å². The Morgan fingerprint density at radius 2 is 0.769 bits per heavy atom. The number of hydrogen-bond donors (Lipinski definition) is 0. The van der Waals surface area contributed by atoms with Crippen molar-refractivity contribution in [1.29, 1.82) is 0 Å². The predicted octanol–water partition coefficient (Wildman–Crippen LogP) is 15.0. The van der Waals surface area contributed by atoms with Crippen LogP contribution in [0.15, 0.2) is 194 Å². The molecule has 0 atom stereocenters. The molecule has 0 unspecified atom stereocenters. The van der Waals surface area contributed by atoms with E-state index in [2.05, 4.69) is 204 Å². The molecule has 0 bridgehead atoms. The SMILES string of the molecule is c1ccc(-c2ccc(N(c3ccc4c(c3)sc3ccccc34)c3ccc4c(c3)sc3c(N(c5ccccc5)c5ccccc5)cccc34)cc2)cc1. The van der Waals surface area contributed by atoms with Gasteiger partial charge in [-0.15, -0.1) is 22.7 Å². The minimum atomic E-state index is 1.13. The van der Waals surface area contributed by atoms with Crippen molar-refractivity contribution in [2.75, 3.05) is 9.80 Å². The van der Waals surface area contributed by atoms with Crippen LogP contribution in [0, 0.1) is 0 Å². The molecular weight excluding hydrogens is 669 g/mol. The highest BCUT2D eigenvalue weighted by Crippen LogP contribution is 2.47. The zero-order chi connectivity index (χ0) is 34.4.